The fraction of sp³-hybridized carbons (Fsp3) is 0.545. The van der Waals surface area contributed by atoms with Gasteiger partial charge in [0.15, 0.2) is 5.96 Å². The summed E-state index contributed by atoms with van der Waals surface area (Å²) in [5, 5.41) is 5.48. The van der Waals surface area contributed by atoms with E-state index >= 15 is 0 Å². The fourth-order valence-corrected chi connectivity index (χ4v) is 3.24. The summed E-state index contributed by atoms with van der Waals surface area (Å²) in [5.74, 6) is -0.273. The van der Waals surface area contributed by atoms with Crippen LogP contribution in [0.15, 0.2) is 29.3 Å². The number of rotatable bonds is 13. The average Bonchev–Trinajstić information content (AvgIpc) is 2.76. The van der Waals surface area contributed by atoms with Gasteiger partial charge < -0.3 is 31.7 Å². The molecule has 0 saturated heterocycles. The number of likely N-dealkylation sites (N-methyl/N-ethyl adjacent to an activating group) is 1. The molecule has 0 aliphatic rings. The quantitative estimate of drug-likeness (QED) is 0.191. The Balaban J connectivity index is 3.01. The standard InChI is InChI=1S/C22H36N6O4/c1-5-28(6-2)21(31)19(14-16-9-11-17(32-4)12-10-16)27-20(30)18(26-15(3)29)8-7-13-25-22(23)24/h9-12,18-19H,5-8,13-14H2,1-4H3,(H,26,29)(H,27,30)(H4,23,24,25)/t18-,19-/m0/s1. The summed E-state index contributed by atoms with van der Waals surface area (Å²) in [4.78, 5) is 43.3. The van der Waals surface area contributed by atoms with Gasteiger partial charge in [0.1, 0.15) is 17.8 Å². The Labute approximate surface area is 189 Å². The van der Waals surface area contributed by atoms with E-state index in [2.05, 4.69) is 15.6 Å². The van der Waals surface area contributed by atoms with Crippen molar-refractivity contribution in [2.24, 2.45) is 16.5 Å². The molecule has 0 radical (unpaired) electrons. The van der Waals surface area contributed by atoms with Gasteiger partial charge in [0, 0.05) is 33.0 Å². The average molecular weight is 449 g/mol. The Morgan fingerprint density at radius 3 is 2.19 bits per heavy atom. The van der Waals surface area contributed by atoms with E-state index in [1.54, 1.807) is 24.1 Å². The van der Waals surface area contributed by atoms with Crippen LogP contribution < -0.4 is 26.8 Å². The third kappa shape index (κ3) is 9.23. The van der Waals surface area contributed by atoms with Crippen LogP contribution in [-0.2, 0) is 20.8 Å². The van der Waals surface area contributed by atoms with Crippen LogP contribution >= 0.6 is 0 Å². The second-order valence-corrected chi connectivity index (χ2v) is 7.33. The highest BCUT2D eigenvalue weighted by molar-refractivity contribution is 5.92. The number of guanidine groups is 1. The molecular weight excluding hydrogens is 412 g/mol. The number of amides is 3. The SMILES string of the molecule is CCN(CC)C(=O)[C@H](Cc1ccc(OC)cc1)NC(=O)[C@H](CCCN=C(N)N)NC(C)=O. The number of ether oxygens (including phenoxy) is 1. The molecule has 0 aliphatic carbocycles. The minimum atomic E-state index is -0.801. The van der Waals surface area contributed by atoms with Gasteiger partial charge in [0.2, 0.25) is 17.7 Å². The molecule has 1 rings (SSSR count). The highest BCUT2D eigenvalue weighted by atomic mass is 16.5. The molecule has 0 aliphatic heterocycles. The summed E-state index contributed by atoms with van der Waals surface area (Å²) in [7, 11) is 1.58. The molecule has 0 fully saturated rings. The first-order chi connectivity index (χ1) is 15.2. The molecule has 10 nitrogen and oxygen atoms in total. The predicted molar refractivity (Wildman–Crippen MR) is 124 cm³/mol. The van der Waals surface area contributed by atoms with Gasteiger partial charge in [0.05, 0.1) is 7.11 Å². The van der Waals surface area contributed by atoms with Gasteiger partial charge in [0.25, 0.3) is 0 Å². The first-order valence-corrected chi connectivity index (χ1v) is 10.8. The van der Waals surface area contributed by atoms with Crippen molar-refractivity contribution in [1.82, 2.24) is 15.5 Å². The Morgan fingerprint density at radius 2 is 1.69 bits per heavy atom. The summed E-state index contributed by atoms with van der Waals surface area (Å²) in [6.45, 7) is 6.50. The number of aliphatic imine (C=N–C) groups is 1. The molecule has 10 heteroatoms. The summed E-state index contributed by atoms with van der Waals surface area (Å²) >= 11 is 0. The van der Waals surface area contributed by atoms with Crippen LogP contribution in [0.5, 0.6) is 5.75 Å². The van der Waals surface area contributed by atoms with Gasteiger partial charge in [-0.1, -0.05) is 12.1 Å². The number of nitrogens with two attached hydrogens (primary N) is 2. The molecule has 0 unspecified atom stereocenters. The lowest BCUT2D eigenvalue weighted by Crippen LogP contribution is -2.55. The fourth-order valence-electron chi connectivity index (χ4n) is 3.24. The summed E-state index contributed by atoms with van der Waals surface area (Å²) in [5.41, 5.74) is 11.5. The lowest BCUT2D eigenvalue weighted by Gasteiger charge is -2.27. The minimum Gasteiger partial charge on any atom is -0.497 e. The van der Waals surface area contributed by atoms with E-state index in [4.69, 9.17) is 16.2 Å². The molecule has 0 bridgehead atoms. The Hall–Kier alpha value is -3.30. The van der Waals surface area contributed by atoms with E-state index in [0.717, 1.165) is 5.56 Å². The van der Waals surface area contributed by atoms with Gasteiger partial charge in [-0.3, -0.25) is 19.4 Å². The van der Waals surface area contributed by atoms with Crippen molar-refractivity contribution in [3.05, 3.63) is 29.8 Å². The smallest absolute Gasteiger partial charge is 0.245 e. The maximum atomic E-state index is 13.1. The molecule has 0 heterocycles. The second-order valence-electron chi connectivity index (χ2n) is 7.33. The summed E-state index contributed by atoms with van der Waals surface area (Å²) < 4.78 is 5.18. The number of carbonyl (C=O) groups is 3. The maximum absolute atomic E-state index is 13.1. The van der Waals surface area contributed by atoms with Crippen molar-refractivity contribution in [2.75, 3.05) is 26.7 Å². The first kappa shape index (κ1) is 26.7. The molecule has 0 spiro atoms. The third-order valence-electron chi connectivity index (χ3n) is 4.93. The van der Waals surface area contributed by atoms with Crippen LogP contribution in [0.25, 0.3) is 0 Å². The Bertz CT molecular complexity index is 773. The Kier molecular flexibility index (Phi) is 11.6. The van der Waals surface area contributed by atoms with E-state index in [9.17, 15) is 14.4 Å². The zero-order valence-electron chi connectivity index (χ0n) is 19.4. The summed E-state index contributed by atoms with van der Waals surface area (Å²) in [6.07, 6.45) is 1.13. The van der Waals surface area contributed by atoms with E-state index in [0.29, 0.717) is 44.6 Å². The largest absolute Gasteiger partial charge is 0.497 e. The van der Waals surface area contributed by atoms with Crippen LogP contribution in [0, 0.1) is 0 Å². The van der Waals surface area contributed by atoms with E-state index in [1.165, 1.54) is 6.92 Å². The van der Waals surface area contributed by atoms with Crippen molar-refractivity contribution in [2.45, 2.75) is 52.1 Å². The highest BCUT2D eigenvalue weighted by Crippen LogP contribution is 2.14. The van der Waals surface area contributed by atoms with Crippen LogP contribution in [0.3, 0.4) is 0 Å². The number of nitrogens with one attached hydrogen (secondary N) is 2. The lowest BCUT2D eigenvalue weighted by molar-refractivity contribution is -0.137. The molecule has 1 aromatic carbocycles. The molecule has 32 heavy (non-hydrogen) atoms. The van der Waals surface area contributed by atoms with Gasteiger partial charge in [-0.2, -0.15) is 0 Å². The molecule has 3 amide bonds. The Morgan fingerprint density at radius 1 is 1.06 bits per heavy atom. The topological polar surface area (TPSA) is 152 Å². The molecule has 0 saturated carbocycles. The molecular formula is C22H36N6O4. The van der Waals surface area contributed by atoms with Gasteiger partial charge in [-0.05, 0) is 44.4 Å². The van der Waals surface area contributed by atoms with Crippen LogP contribution in [0.2, 0.25) is 0 Å². The number of benzene rings is 1. The number of nitrogens with zero attached hydrogens (tertiary/aromatic N) is 2. The first-order valence-electron chi connectivity index (χ1n) is 10.8. The number of carbonyl (C=O) groups excluding carboxylic acids is 3. The number of methoxy groups -OCH3 is 1. The number of hydrogen-bond donors (Lipinski definition) is 4. The third-order valence-corrected chi connectivity index (χ3v) is 4.93. The van der Waals surface area contributed by atoms with Crippen LogP contribution in [0.4, 0.5) is 0 Å². The van der Waals surface area contributed by atoms with Gasteiger partial charge in [-0.15, -0.1) is 0 Å². The van der Waals surface area contributed by atoms with Crippen LogP contribution in [0.1, 0.15) is 39.2 Å². The molecule has 6 N–H and O–H groups in total. The molecule has 178 valence electrons. The van der Waals surface area contributed by atoms with E-state index < -0.39 is 18.0 Å². The van der Waals surface area contributed by atoms with Gasteiger partial charge in [-0.25, -0.2) is 0 Å². The maximum Gasteiger partial charge on any atom is 0.245 e. The van der Waals surface area contributed by atoms with Crippen molar-refractivity contribution < 1.29 is 19.1 Å². The van der Waals surface area contributed by atoms with E-state index in [1.807, 2.05) is 26.0 Å². The minimum absolute atomic E-state index is 0.0325. The summed E-state index contributed by atoms with van der Waals surface area (Å²) in [6, 6.07) is 5.75. The number of hydrogen-bond acceptors (Lipinski definition) is 5. The normalized spacial score (nSPS) is 12.2. The predicted octanol–water partition coefficient (Wildman–Crippen LogP) is 0.149. The second kappa shape index (κ2) is 13.9. The van der Waals surface area contributed by atoms with Gasteiger partial charge >= 0.3 is 0 Å². The van der Waals surface area contributed by atoms with Crippen molar-refractivity contribution in [3.8, 4) is 5.75 Å². The highest BCUT2D eigenvalue weighted by Gasteiger charge is 2.28. The van der Waals surface area contributed by atoms with E-state index in [-0.39, 0.29) is 17.8 Å². The van der Waals surface area contributed by atoms with Crippen molar-refractivity contribution in [1.29, 1.82) is 0 Å². The zero-order valence-corrected chi connectivity index (χ0v) is 19.4. The zero-order chi connectivity index (χ0) is 24.1. The van der Waals surface area contributed by atoms with Crippen molar-refractivity contribution in [3.63, 3.8) is 0 Å². The molecule has 0 aromatic heterocycles. The lowest BCUT2D eigenvalue weighted by atomic mass is 10.0. The molecule has 1 aromatic rings. The monoisotopic (exact) mass is 448 g/mol. The molecule has 2 atom stereocenters. The van der Waals surface area contributed by atoms with Crippen LogP contribution in [-0.4, -0.2) is 67.4 Å². The van der Waals surface area contributed by atoms with Crippen molar-refractivity contribution >= 4 is 23.7 Å².